The van der Waals surface area contributed by atoms with Gasteiger partial charge in [-0.2, -0.15) is 12.6 Å². The van der Waals surface area contributed by atoms with Gasteiger partial charge >= 0.3 is 0 Å². The number of halogens is 1. The molecule has 1 saturated heterocycles. The summed E-state index contributed by atoms with van der Waals surface area (Å²) in [4.78, 5) is 13.3. The Labute approximate surface area is 99.6 Å². The van der Waals surface area contributed by atoms with Gasteiger partial charge in [-0.3, -0.25) is 4.79 Å². The number of carbonyl (C=O) groups is 1. The lowest BCUT2D eigenvalue weighted by molar-refractivity contribution is -0.128. The van der Waals surface area contributed by atoms with Crippen LogP contribution in [0.4, 0.5) is 0 Å². The molecule has 1 fully saturated rings. The quantitative estimate of drug-likeness (QED) is 0.789. The highest BCUT2D eigenvalue weighted by Crippen LogP contribution is 2.22. The third kappa shape index (κ3) is 2.47. The Bertz CT molecular complexity index is 383. The third-order valence-corrected chi connectivity index (χ3v) is 3.23. The number of hydrogen-bond donors (Lipinski definition) is 1. The molecule has 0 saturated carbocycles. The second-order valence-corrected chi connectivity index (χ2v) is 4.86. The molecule has 15 heavy (non-hydrogen) atoms. The zero-order valence-electron chi connectivity index (χ0n) is 8.19. The fraction of sp³-hybridized carbons (Fsp3) is 0.364. The standard InChI is InChI=1S/C11H12ClNOS/c12-10-4-2-1-3-8(10)6-13-7-9(15)5-11(13)14/h1-4,9,15H,5-7H2. The van der Waals surface area contributed by atoms with Crippen LogP contribution in [-0.4, -0.2) is 22.6 Å². The smallest absolute Gasteiger partial charge is 0.224 e. The second kappa shape index (κ2) is 4.45. The van der Waals surface area contributed by atoms with E-state index in [0.29, 0.717) is 24.5 Å². The van der Waals surface area contributed by atoms with E-state index in [1.807, 2.05) is 24.3 Å². The summed E-state index contributed by atoms with van der Waals surface area (Å²) in [6.07, 6.45) is 0.535. The first-order valence-electron chi connectivity index (χ1n) is 4.86. The van der Waals surface area contributed by atoms with Crippen LogP contribution < -0.4 is 0 Å². The Morgan fingerprint density at radius 2 is 2.20 bits per heavy atom. The molecule has 0 bridgehead atoms. The molecule has 0 N–H and O–H groups in total. The monoisotopic (exact) mass is 241 g/mol. The largest absolute Gasteiger partial charge is 0.337 e. The first-order valence-corrected chi connectivity index (χ1v) is 5.75. The summed E-state index contributed by atoms with van der Waals surface area (Å²) in [5.74, 6) is 0.162. The number of nitrogens with zero attached hydrogens (tertiary/aromatic N) is 1. The van der Waals surface area contributed by atoms with Crippen molar-refractivity contribution < 1.29 is 4.79 Å². The van der Waals surface area contributed by atoms with Crippen molar-refractivity contribution >= 4 is 30.1 Å². The molecule has 1 unspecified atom stereocenters. The third-order valence-electron chi connectivity index (χ3n) is 2.51. The number of rotatable bonds is 2. The van der Waals surface area contributed by atoms with Gasteiger partial charge in [0.15, 0.2) is 0 Å². The summed E-state index contributed by atoms with van der Waals surface area (Å²) in [7, 11) is 0. The first-order chi connectivity index (χ1) is 7.16. The first kappa shape index (κ1) is 10.8. The van der Waals surface area contributed by atoms with Gasteiger partial charge in [0.2, 0.25) is 5.91 Å². The summed E-state index contributed by atoms with van der Waals surface area (Å²) < 4.78 is 0. The zero-order chi connectivity index (χ0) is 10.8. The Balaban J connectivity index is 2.09. The van der Waals surface area contributed by atoms with Crippen molar-refractivity contribution in [1.82, 2.24) is 4.90 Å². The fourth-order valence-electron chi connectivity index (χ4n) is 1.74. The minimum Gasteiger partial charge on any atom is -0.337 e. The maximum atomic E-state index is 11.5. The van der Waals surface area contributed by atoms with Gasteiger partial charge in [0.1, 0.15) is 0 Å². The summed E-state index contributed by atoms with van der Waals surface area (Å²) >= 11 is 10.3. The van der Waals surface area contributed by atoms with E-state index in [1.54, 1.807) is 4.90 Å². The molecule has 0 aromatic heterocycles. The summed E-state index contributed by atoms with van der Waals surface area (Å²) in [5, 5.41) is 0.882. The van der Waals surface area contributed by atoms with Crippen LogP contribution in [0.3, 0.4) is 0 Å². The molecule has 1 aromatic rings. The summed E-state index contributed by atoms with van der Waals surface area (Å²) in [6, 6.07) is 7.61. The molecular formula is C11H12ClNOS. The number of hydrogen-bond acceptors (Lipinski definition) is 2. The van der Waals surface area contributed by atoms with Gasteiger partial charge in [-0.15, -0.1) is 0 Å². The molecule has 1 aromatic carbocycles. The Morgan fingerprint density at radius 3 is 2.80 bits per heavy atom. The number of thiol groups is 1. The van der Waals surface area contributed by atoms with Crippen LogP contribution in [0, 0.1) is 0 Å². The highest BCUT2D eigenvalue weighted by atomic mass is 35.5. The Kier molecular flexibility index (Phi) is 3.22. The van der Waals surface area contributed by atoms with Crippen molar-refractivity contribution in [3.8, 4) is 0 Å². The number of likely N-dealkylation sites (tertiary alicyclic amines) is 1. The van der Waals surface area contributed by atoms with E-state index >= 15 is 0 Å². The predicted molar refractivity (Wildman–Crippen MR) is 64.3 cm³/mol. The van der Waals surface area contributed by atoms with Crippen molar-refractivity contribution in [3.63, 3.8) is 0 Å². The average molecular weight is 242 g/mol. The number of amides is 1. The van der Waals surface area contributed by atoms with E-state index in [1.165, 1.54) is 0 Å². The Hall–Kier alpha value is -0.670. The van der Waals surface area contributed by atoms with Gasteiger partial charge in [0.25, 0.3) is 0 Å². The van der Waals surface area contributed by atoms with E-state index in [-0.39, 0.29) is 11.2 Å². The molecule has 1 aliphatic rings. The fourth-order valence-corrected chi connectivity index (χ4v) is 2.29. The number of carbonyl (C=O) groups excluding carboxylic acids is 1. The van der Waals surface area contributed by atoms with E-state index in [2.05, 4.69) is 12.6 Å². The van der Waals surface area contributed by atoms with Crippen LogP contribution in [0.5, 0.6) is 0 Å². The van der Waals surface area contributed by atoms with Crippen molar-refractivity contribution in [1.29, 1.82) is 0 Å². The normalized spacial score (nSPS) is 21.1. The average Bonchev–Trinajstić information content (AvgIpc) is 2.49. The molecule has 0 aliphatic carbocycles. The van der Waals surface area contributed by atoms with Crippen LogP contribution in [0.15, 0.2) is 24.3 Å². The molecule has 1 heterocycles. The molecule has 0 radical (unpaired) electrons. The highest BCUT2D eigenvalue weighted by molar-refractivity contribution is 7.81. The second-order valence-electron chi connectivity index (χ2n) is 3.72. The zero-order valence-corrected chi connectivity index (χ0v) is 9.84. The predicted octanol–water partition coefficient (Wildman–Crippen LogP) is 2.37. The van der Waals surface area contributed by atoms with E-state index in [0.717, 1.165) is 5.56 Å². The van der Waals surface area contributed by atoms with Gasteiger partial charge in [0.05, 0.1) is 0 Å². The molecule has 1 aliphatic heterocycles. The van der Waals surface area contributed by atoms with Gasteiger partial charge in [0, 0.05) is 29.8 Å². The molecular weight excluding hydrogens is 230 g/mol. The van der Waals surface area contributed by atoms with Gasteiger partial charge in [-0.25, -0.2) is 0 Å². The molecule has 4 heteroatoms. The molecule has 80 valence electrons. The van der Waals surface area contributed by atoms with Gasteiger partial charge in [-0.1, -0.05) is 29.8 Å². The van der Waals surface area contributed by atoms with Crippen LogP contribution in [0.25, 0.3) is 0 Å². The maximum absolute atomic E-state index is 11.5. The van der Waals surface area contributed by atoms with Gasteiger partial charge in [-0.05, 0) is 11.6 Å². The topological polar surface area (TPSA) is 20.3 Å². The van der Waals surface area contributed by atoms with E-state index in [4.69, 9.17) is 11.6 Å². The maximum Gasteiger partial charge on any atom is 0.224 e. The SMILES string of the molecule is O=C1CC(S)CN1Cc1ccccc1Cl. The molecule has 1 amide bonds. The van der Waals surface area contributed by atoms with Crippen molar-refractivity contribution in [2.75, 3.05) is 6.54 Å². The van der Waals surface area contributed by atoms with E-state index in [9.17, 15) is 4.79 Å². The van der Waals surface area contributed by atoms with E-state index < -0.39 is 0 Å². The van der Waals surface area contributed by atoms with Crippen molar-refractivity contribution in [3.05, 3.63) is 34.9 Å². The number of benzene rings is 1. The van der Waals surface area contributed by atoms with Crippen LogP contribution >= 0.6 is 24.2 Å². The summed E-state index contributed by atoms with van der Waals surface area (Å²) in [5.41, 5.74) is 0.995. The van der Waals surface area contributed by atoms with Crippen molar-refractivity contribution in [2.24, 2.45) is 0 Å². The summed E-state index contributed by atoms with van der Waals surface area (Å²) in [6.45, 7) is 1.31. The van der Waals surface area contributed by atoms with Gasteiger partial charge < -0.3 is 4.90 Å². The molecule has 0 spiro atoms. The van der Waals surface area contributed by atoms with Crippen LogP contribution in [-0.2, 0) is 11.3 Å². The molecule has 2 rings (SSSR count). The van der Waals surface area contributed by atoms with Crippen molar-refractivity contribution in [2.45, 2.75) is 18.2 Å². The molecule has 2 nitrogen and oxygen atoms in total. The lowest BCUT2D eigenvalue weighted by atomic mass is 10.2. The minimum atomic E-state index is 0.162. The Morgan fingerprint density at radius 1 is 1.47 bits per heavy atom. The molecule has 1 atom stereocenters. The lowest BCUT2D eigenvalue weighted by Crippen LogP contribution is -2.24. The minimum absolute atomic E-state index is 0.162. The highest BCUT2D eigenvalue weighted by Gasteiger charge is 2.27. The van der Waals surface area contributed by atoms with Crippen LogP contribution in [0.1, 0.15) is 12.0 Å². The lowest BCUT2D eigenvalue weighted by Gasteiger charge is -2.16. The van der Waals surface area contributed by atoms with Crippen LogP contribution in [0.2, 0.25) is 5.02 Å².